The van der Waals surface area contributed by atoms with Crippen LogP contribution in [0.15, 0.2) is 63.9 Å². The van der Waals surface area contributed by atoms with E-state index in [-0.39, 0.29) is 11.0 Å². The molecule has 0 saturated carbocycles. The Morgan fingerprint density at radius 2 is 1.92 bits per heavy atom. The number of hydrogen-bond donors (Lipinski definition) is 3. The van der Waals surface area contributed by atoms with Crippen molar-refractivity contribution >= 4 is 51.7 Å². The molecule has 0 fully saturated rings. The Morgan fingerprint density at radius 1 is 1.17 bits per heavy atom. The van der Waals surface area contributed by atoms with Crippen LogP contribution in [0.2, 0.25) is 5.02 Å². The minimum atomic E-state index is -0.0626. The van der Waals surface area contributed by atoms with Crippen molar-refractivity contribution in [3.8, 4) is 5.88 Å². The molecule has 0 aliphatic heterocycles. The summed E-state index contributed by atoms with van der Waals surface area (Å²) in [4.78, 5) is 2.82. The fourth-order valence-electron chi connectivity index (χ4n) is 2.04. The van der Waals surface area contributed by atoms with Gasteiger partial charge >= 0.3 is 0 Å². The number of aromatic nitrogens is 1. The Kier molecular flexibility index (Phi) is 4.83. The molecule has 120 valence electrons. The molecule has 1 aromatic heterocycles. The summed E-state index contributed by atoms with van der Waals surface area (Å²) >= 11 is 10.8. The quantitative estimate of drug-likeness (QED) is 0.279. The van der Waals surface area contributed by atoms with E-state index in [0.717, 1.165) is 16.5 Å². The summed E-state index contributed by atoms with van der Waals surface area (Å²) in [5.74, 6) is -0.0626. The van der Waals surface area contributed by atoms with Gasteiger partial charge in [0.05, 0.1) is 11.7 Å². The van der Waals surface area contributed by atoms with E-state index in [1.165, 1.54) is 0 Å². The van der Waals surface area contributed by atoms with Gasteiger partial charge in [-0.1, -0.05) is 41.9 Å². The number of nitrogens with one attached hydrogen (secondary N) is 2. The molecule has 3 aromatic rings. The number of H-pyrrole nitrogens is 1. The number of nitrogens with zero attached hydrogens (tertiary/aromatic N) is 3. The summed E-state index contributed by atoms with van der Waals surface area (Å²) in [6.07, 6.45) is 1.58. The smallest absolute Gasteiger partial charge is 0.234 e. The first-order chi connectivity index (χ1) is 11.6. The predicted molar refractivity (Wildman–Crippen MR) is 99.3 cm³/mol. The Hall–Kier alpha value is -2.77. The van der Waals surface area contributed by atoms with Crippen molar-refractivity contribution in [2.45, 2.75) is 0 Å². The van der Waals surface area contributed by atoms with Crippen LogP contribution in [-0.4, -0.2) is 21.4 Å². The van der Waals surface area contributed by atoms with Gasteiger partial charge in [-0.3, -0.25) is 5.43 Å². The van der Waals surface area contributed by atoms with E-state index in [2.05, 4.69) is 25.7 Å². The summed E-state index contributed by atoms with van der Waals surface area (Å²) in [7, 11) is 0. The summed E-state index contributed by atoms with van der Waals surface area (Å²) in [6.45, 7) is 0. The summed E-state index contributed by atoms with van der Waals surface area (Å²) in [5, 5.41) is 23.2. The van der Waals surface area contributed by atoms with Gasteiger partial charge in [0.25, 0.3) is 0 Å². The molecule has 0 saturated heterocycles. The average molecular weight is 358 g/mol. The van der Waals surface area contributed by atoms with Crippen LogP contribution in [0.1, 0.15) is 5.56 Å². The largest absolute Gasteiger partial charge is 0.493 e. The second kappa shape index (κ2) is 7.20. The molecular formula is C16H12ClN5OS. The lowest BCUT2D eigenvalue weighted by Crippen LogP contribution is -2.11. The molecule has 0 spiro atoms. The molecule has 3 N–H and O–H groups in total. The fraction of sp³-hybridized carbons (Fsp3) is 0. The van der Waals surface area contributed by atoms with Crippen LogP contribution in [0.4, 0.5) is 5.69 Å². The maximum Gasteiger partial charge on any atom is 0.234 e. The van der Waals surface area contributed by atoms with Crippen molar-refractivity contribution in [2.75, 3.05) is 0 Å². The van der Waals surface area contributed by atoms with Crippen LogP contribution in [0.25, 0.3) is 10.9 Å². The molecule has 0 amide bonds. The predicted octanol–water partition coefficient (Wildman–Crippen LogP) is 4.52. The lowest BCUT2D eigenvalue weighted by Gasteiger charge is -1.96. The van der Waals surface area contributed by atoms with Crippen LogP contribution >= 0.6 is 23.8 Å². The highest BCUT2D eigenvalue weighted by Crippen LogP contribution is 2.35. The van der Waals surface area contributed by atoms with Crippen LogP contribution in [0.5, 0.6) is 5.88 Å². The van der Waals surface area contributed by atoms with Crippen molar-refractivity contribution in [1.29, 1.82) is 0 Å². The third kappa shape index (κ3) is 3.76. The number of aromatic amines is 1. The highest BCUT2D eigenvalue weighted by Gasteiger charge is 2.09. The number of azo groups is 1. The lowest BCUT2D eigenvalue weighted by molar-refractivity contribution is 0.459. The summed E-state index contributed by atoms with van der Waals surface area (Å²) in [5.41, 5.74) is 4.55. The monoisotopic (exact) mass is 357 g/mol. The molecule has 3 rings (SSSR count). The number of fused-ring (bicyclic) bond motifs is 1. The van der Waals surface area contributed by atoms with Gasteiger partial charge < -0.3 is 10.1 Å². The molecule has 1 heterocycles. The molecule has 0 aliphatic rings. The zero-order chi connectivity index (χ0) is 16.9. The van der Waals surface area contributed by atoms with Crippen LogP contribution < -0.4 is 5.43 Å². The van der Waals surface area contributed by atoms with Crippen molar-refractivity contribution in [3.63, 3.8) is 0 Å². The SMILES string of the molecule is Oc1[nH]c2ccccc2c1N=NC(=S)N/N=C/c1ccc(Cl)cc1. The standard InChI is InChI=1S/C16H12ClN5OS/c17-11-7-5-10(6-8-11)9-18-21-16(24)22-20-14-12-3-1-2-4-13(12)19-15(14)23/h1-9,19,23H,(H,21,24)/b18-9+,22-20?. The Morgan fingerprint density at radius 3 is 2.71 bits per heavy atom. The number of aromatic hydroxyl groups is 1. The number of hydrazone groups is 1. The highest BCUT2D eigenvalue weighted by molar-refractivity contribution is 7.80. The first kappa shape index (κ1) is 16.1. The van der Waals surface area contributed by atoms with Crippen molar-refractivity contribution < 1.29 is 5.11 Å². The van der Waals surface area contributed by atoms with E-state index < -0.39 is 0 Å². The van der Waals surface area contributed by atoms with Gasteiger partial charge in [-0.05, 0) is 36.0 Å². The first-order valence-electron chi connectivity index (χ1n) is 6.93. The minimum absolute atomic E-state index is 0.0626. The topological polar surface area (TPSA) is 85.1 Å². The lowest BCUT2D eigenvalue weighted by atomic mass is 10.2. The van der Waals surface area contributed by atoms with Gasteiger partial charge in [-0.2, -0.15) is 5.10 Å². The van der Waals surface area contributed by atoms with Crippen molar-refractivity contribution in [3.05, 3.63) is 59.1 Å². The maximum absolute atomic E-state index is 9.88. The number of thiocarbonyl (C=S) groups is 1. The number of rotatable bonds is 3. The molecule has 0 unspecified atom stereocenters. The molecule has 0 atom stereocenters. The zero-order valence-electron chi connectivity index (χ0n) is 12.3. The normalized spacial score (nSPS) is 11.5. The van der Waals surface area contributed by atoms with E-state index in [4.69, 9.17) is 23.8 Å². The summed E-state index contributed by atoms with van der Waals surface area (Å²) < 4.78 is 0. The van der Waals surface area contributed by atoms with E-state index in [0.29, 0.717) is 10.7 Å². The molecular weight excluding hydrogens is 346 g/mol. The van der Waals surface area contributed by atoms with Gasteiger partial charge in [-0.15, -0.1) is 10.2 Å². The summed E-state index contributed by atoms with van der Waals surface area (Å²) in [6, 6.07) is 14.5. The first-order valence-corrected chi connectivity index (χ1v) is 7.72. The van der Waals surface area contributed by atoms with E-state index in [1.807, 2.05) is 36.4 Å². The van der Waals surface area contributed by atoms with Gasteiger partial charge in [0.1, 0.15) is 0 Å². The Labute approximate surface area is 147 Å². The van der Waals surface area contributed by atoms with Gasteiger partial charge in [0.15, 0.2) is 5.69 Å². The van der Waals surface area contributed by atoms with E-state index in [9.17, 15) is 5.11 Å². The molecule has 0 aliphatic carbocycles. The number of para-hydroxylation sites is 1. The molecule has 24 heavy (non-hydrogen) atoms. The fourth-order valence-corrected chi connectivity index (χ4v) is 2.26. The van der Waals surface area contributed by atoms with Gasteiger partial charge in [0, 0.05) is 10.4 Å². The number of halogens is 1. The molecule has 2 aromatic carbocycles. The van der Waals surface area contributed by atoms with E-state index >= 15 is 0 Å². The second-order valence-corrected chi connectivity index (χ2v) is 5.62. The zero-order valence-corrected chi connectivity index (χ0v) is 13.8. The molecule has 0 bridgehead atoms. The Bertz CT molecular complexity index is 933. The molecule has 8 heteroatoms. The third-order valence-electron chi connectivity index (χ3n) is 3.14. The number of hydrogen-bond acceptors (Lipinski definition) is 4. The second-order valence-electron chi connectivity index (χ2n) is 4.79. The number of benzene rings is 2. The minimum Gasteiger partial charge on any atom is -0.493 e. The third-order valence-corrected chi connectivity index (χ3v) is 3.57. The van der Waals surface area contributed by atoms with Crippen LogP contribution in [0, 0.1) is 0 Å². The van der Waals surface area contributed by atoms with E-state index in [1.54, 1.807) is 18.3 Å². The highest BCUT2D eigenvalue weighted by atomic mass is 35.5. The molecule has 6 nitrogen and oxygen atoms in total. The average Bonchev–Trinajstić information content (AvgIpc) is 2.90. The van der Waals surface area contributed by atoms with Gasteiger partial charge in [0.2, 0.25) is 11.0 Å². The van der Waals surface area contributed by atoms with Crippen LogP contribution in [0.3, 0.4) is 0 Å². The van der Waals surface area contributed by atoms with Crippen LogP contribution in [-0.2, 0) is 0 Å². The molecule has 0 radical (unpaired) electrons. The van der Waals surface area contributed by atoms with Crippen molar-refractivity contribution in [1.82, 2.24) is 10.4 Å². The maximum atomic E-state index is 9.88. The van der Waals surface area contributed by atoms with Crippen molar-refractivity contribution in [2.24, 2.45) is 15.3 Å². The van der Waals surface area contributed by atoms with Gasteiger partial charge in [-0.25, -0.2) is 0 Å². The Balaban J connectivity index is 1.66.